The van der Waals surface area contributed by atoms with Crippen LogP contribution in [0.25, 0.3) is 0 Å². The Balaban J connectivity index is -0.000000352. The number of nitrogens with one attached hydrogen (secondary N) is 2. The summed E-state index contributed by atoms with van der Waals surface area (Å²) in [6.07, 6.45) is 19.2. The lowest BCUT2D eigenvalue weighted by Crippen LogP contribution is -2.66. The van der Waals surface area contributed by atoms with Gasteiger partial charge in [0.05, 0.1) is 0 Å². The van der Waals surface area contributed by atoms with Gasteiger partial charge in [-0.2, -0.15) is 0 Å². The maximum Gasteiger partial charge on any atom is 0.0228 e. The molecule has 0 spiro atoms. The van der Waals surface area contributed by atoms with Crippen molar-refractivity contribution in [1.82, 2.24) is 5.32 Å². The summed E-state index contributed by atoms with van der Waals surface area (Å²) in [5, 5.41) is 11.2. The van der Waals surface area contributed by atoms with Gasteiger partial charge >= 0.3 is 0 Å². The molecular formula is C44H92N4. The molecule has 0 amide bonds. The van der Waals surface area contributed by atoms with E-state index in [4.69, 9.17) is 11.1 Å². The molecule has 3 rings (SSSR count). The van der Waals surface area contributed by atoms with E-state index in [1.807, 2.05) is 47.7 Å². The summed E-state index contributed by atoms with van der Waals surface area (Å²) in [4.78, 5) is 0. The molecule has 3 aliphatic rings. The Kier molecular flexibility index (Phi) is 31.8. The molecule has 7 unspecified atom stereocenters. The number of hydrogen-bond acceptors (Lipinski definition) is 4. The molecule has 0 heterocycles. The third-order valence-corrected chi connectivity index (χ3v) is 11.5. The van der Waals surface area contributed by atoms with Crippen LogP contribution in [-0.2, 0) is 0 Å². The van der Waals surface area contributed by atoms with Gasteiger partial charge in [0, 0.05) is 17.2 Å². The first kappa shape index (κ1) is 53.6. The summed E-state index contributed by atoms with van der Waals surface area (Å²) >= 11 is 0. The topological polar surface area (TPSA) is 87.9 Å². The minimum Gasteiger partial charge on any atom is -0.333 e. The van der Waals surface area contributed by atoms with Crippen LogP contribution in [0.5, 0.6) is 0 Å². The van der Waals surface area contributed by atoms with Crippen molar-refractivity contribution in [2.24, 2.45) is 51.4 Å². The average Bonchev–Trinajstić information content (AvgIpc) is 3.45. The van der Waals surface area contributed by atoms with Crippen LogP contribution in [0.1, 0.15) is 174 Å². The standard InChI is InChI=1S/C23H38N2.C11H24.C3H9N.2C2H6.C2H4.CH5N/c1-6-8-17-11-15-23(25)19-10-9-18(16(3)24)22(19,5)14-12-20(23)21(17,4)13-7-2;1-6-8-10(3)9-11(4,5)7-2;1-3-4-2;4*1-2/h6,8,18-20,24H,1,7,9-15,25H2,2-5H3;10H,6-9H2,1-5H3;4H,3H2,1-2H3;2*1-2H3;1-2H2;2H2,1H3/b17-8-,24-16?;;;;;;. The summed E-state index contributed by atoms with van der Waals surface area (Å²) < 4.78 is 0. The second-order valence-electron chi connectivity index (χ2n) is 15.0. The molecule has 0 aromatic carbocycles. The second-order valence-corrected chi connectivity index (χ2v) is 15.0. The lowest BCUT2D eigenvalue weighted by Gasteiger charge is -2.63. The molecule has 3 aliphatic carbocycles. The van der Waals surface area contributed by atoms with Crippen LogP contribution < -0.4 is 16.8 Å². The quantitative estimate of drug-likeness (QED) is 0.137. The van der Waals surface area contributed by atoms with E-state index in [1.165, 1.54) is 71.3 Å². The number of hydrogen-bond donors (Lipinski definition) is 4. The summed E-state index contributed by atoms with van der Waals surface area (Å²) in [5.74, 6) is 2.50. The normalized spacial score (nSPS) is 29.5. The molecule has 3 fully saturated rings. The predicted molar refractivity (Wildman–Crippen MR) is 224 cm³/mol. The van der Waals surface area contributed by atoms with Crippen molar-refractivity contribution in [3.63, 3.8) is 0 Å². The summed E-state index contributed by atoms with van der Waals surface area (Å²) in [5.41, 5.74) is 15.3. The Hall–Kier alpha value is -1.23. The molecule has 7 atom stereocenters. The van der Waals surface area contributed by atoms with E-state index in [0.717, 1.165) is 31.0 Å². The third kappa shape index (κ3) is 15.3. The molecule has 288 valence electrons. The van der Waals surface area contributed by atoms with E-state index < -0.39 is 0 Å². The first-order chi connectivity index (χ1) is 22.7. The summed E-state index contributed by atoms with van der Waals surface area (Å²) in [6.45, 7) is 42.0. The Morgan fingerprint density at radius 2 is 1.50 bits per heavy atom. The highest BCUT2D eigenvalue weighted by Gasteiger charge is 2.64. The Bertz CT molecular complexity index is 830. The maximum absolute atomic E-state index is 8.31. The van der Waals surface area contributed by atoms with Crippen molar-refractivity contribution in [1.29, 1.82) is 5.41 Å². The van der Waals surface area contributed by atoms with E-state index in [2.05, 4.69) is 99.2 Å². The van der Waals surface area contributed by atoms with Gasteiger partial charge in [-0.25, -0.2) is 0 Å². The van der Waals surface area contributed by atoms with Gasteiger partial charge in [0.2, 0.25) is 0 Å². The van der Waals surface area contributed by atoms with Gasteiger partial charge in [-0.1, -0.05) is 140 Å². The Morgan fingerprint density at radius 3 is 1.90 bits per heavy atom. The van der Waals surface area contributed by atoms with Crippen molar-refractivity contribution >= 4 is 5.71 Å². The fraction of sp³-hybridized carbons (Fsp3) is 0.841. The maximum atomic E-state index is 8.31. The van der Waals surface area contributed by atoms with E-state index in [1.54, 1.807) is 5.57 Å². The van der Waals surface area contributed by atoms with E-state index in [0.29, 0.717) is 23.2 Å². The van der Waals surface area contributed by atoms with Crippen molar-refractivity contribution in [2.75, 3.05) is 20.6 Å². The SMILES string of the molecule is C=C.C=C/C=C1/CCC2(N)C(CCC3(C)C(C(C)=N)CCC32)C1(C)CCC.CC.CC.CCCC(C)CC(C)(C)CC.CCNC.CN. The van der Waals surface area contributed by atoms with Crippen molar-refractivity contribution in [2.45, 2.75) is 180 Å². The number of rotatable bonds is 10. The molecule has 0 saturated heterocycles. The van der Waals surface area contributed by atoms with Crippen LogP contribution in [0.3, 0.4) is 0 Å². The van der Waals surface area contributed by atoms with Crippen molar-refractivity contribution in [3.8, 4) is 0 Å². The zero-order valence-corrected chi connectivity index (χ0v) is 35.9. The molecule has 0 aromatic heterocycles. The number of nitrogens with two attached hydrogens (primary N) is 2. The van der Waals surface area contributed by atoms with Crippen molar-refractivity contribution < 1.29 is 0 Å². The second kappa shape index (κ2) is 28.5. The highest BCUT2D eigenvalue weighted by atomic mass is 14.9. The molecule has 0 aliphatic heterocycles. The monoisotopic (exact) mass is 677 g/mol. The Morgan fingerprint density at radius 1 is 0.979 bits per heavy atom. The van der Waals surface area contributed by atoms with Crippen LogP contribution in [0.15, 0.2) is 37.5 Å². The van der Waals surface area contributed by atoms with Crippen LogP contribution in [0, 0.1) is 45.3 Å². The summed E-state index contributed by atoms with van der Waals surface area (Å²) in [6, 6.07) is 0. The van der Waals surface area contributed by atoms with Crippen LogP contribution >= 0.6 is 0 Å². The fourth-order valence-corrected chi connectivity index (χ4v) is 9.22. The highest BCUT2D eigenvalue weighted by molar-refractivity contribution is 5.82. The lowest BCUT2D eigenvalue weighted by molar-refractivity contribution is -0.0616. The van der Waals surface area contributed by atoms with Gasteiger partial charge in [0.15, 0.2) is 0 Å². The van der Waals surface area contributed by atoms with Crippen molar-refractivity contribution in [3.05, 3.63) is 37.5 Å². The molecule has 0 aromatic rings. The van der Waals surface area contributed by atoms with Gasteiger partial charge in [-0.15, -0.1) is 13.2 Å². The van der Waals surface area contributed by atoms with E-state index in [9.17, 15) is 0 Å². The molecule has 0 radical (unpaired) electrons. The first-order valence-electron chi connectivity index (χ1n) is 20.1. The van der Waals surface area contributed by atoms with Gasteiger partial charge in [-0.05, 0) is 113 Å². The molecule has 6 N–H and O–H groups in total. The largest absolute Gasteiger partial charge is 0.333 e. The molecule has 0 bridgehead atoms. The van der Waals surface area contributed by atoms with E-state index in [-0.39, 0.29) is 16.4 Å². The zero-order valence-electron chi connectivity index (χ0n) is 35.9. The number of allylic oxidation sites excluding steroid dienone is 3. The lowest BCUT2D eigenvalue weighted by atomic mass is 9.44. The predicted octanol–water partition coefficient (Wildman–Crippen LogP) is 12.8. The summed E-state index contributed by atoms with van der Waals surface area (Å²) in [7, 11) is 3.43. The van der Waals surface area contributed by atoms with Gasteiger partial charge < -0.3 is 22.2 Å². The van der Waals surface area contributed by atoms with E-state index >= 15 is 0 Å². The first-order valence-corrected chi connectivity index (χ1v) is 20.1. The zero-order chi connectivity index (χ0) is 38.8. The molecular weight excluding hydrogens is 585 g/mol. The minimum absolute atomic E-state index is 0.0559. The average molecular weight is 677 g/mol. The van der Waals surface area contributed by atoms with Crippen LogP contribution in [-0.4, -0.2) is 31.9 Å². The Labute approximate surface area is 304 Å². The third-order valence-electron chi connectivity index (χ3n) is 11.5. The van der Waals surface area contributed by atoms with Gasteiger partial charge in [-0.3, -0.25) is 0 Å². The fourth-order valence-electron chi connectivity index (χ4n) is 9.22. The van der Waals surface area contributed by atoms with Crippen LogP contribution in [0.2, 0.25) is 0 Å². The molecule has 4 heteroatoms. The van der Waals surface area contributed by atoms with Crippen LogP contribution in [0.4, 0.5) is 0 Å². The molecule has 48 heavy (non-hydrogen) atoms. The molecule has 3 saturated carbocycles. The molecule has 4 nitrogen and oxygen atoms in total. The smallest absolute Gasteiger partial charge is 0.0228 e. The minimum atomic E-state index is -0.0559. The van der Waals surface area contributed by atoms with Gasteiger partial charge in [0.25, 0.3) is 0 Å². The highest BCUT2D eigenvalue weighted by Crippen LogP contribution is 2.67. The van der Waals surface area contributed by atoms with Gasteiger partial charge in [0.1, 0.15) is 0 Å². The number of fused-ring (bicyclic) bond motifs is 3.